The SMILES string of the molecule is CCN(CC)S(=O)(=O)c1cc(C(=O)N[C@H]2CCS(=O)(=O)c3ccccc32)ccc1OC. The molecule has 0 aliphatic carbocycles. The quantitative estimate of drug-likeness (QED) is 0.671. The molecule has 1 amide bonds. The third-order valence-electron chi connectivity index (χ3n) is 5.36. The third kappa shape index (κ3) is 4.46. The van der Waals surface area contributed by atoms with Gasteiger partial charge in [-0.3, -0.25) is 4.79 Å². The highest BCUT2D eigenvalue weighted by atomic mass is 32.2. The van der Waals surface area contributed by atoms with Crippen molar-refractivity contribution in [2.75, 3.05) is 26.0 Å². The van der Waals surface area contributed by atoms with Gasteiger partial charge in [0.05, 0.1) is 23.8 Å². The lowest BCUT2D eigenvalue weighted by atomic mass is 10.0. The molecule has 2 aromatic rings. The lowest BCUT2D eigenvalue weighted by molar-refractivity contribution is 0.0934. The molecule has 0 fully saturated rings. The summed E-state index contributed by atoms with van der Waals surface area (Å²) in [6, 6.07) is 10.3. The van der Waals surface area contributed by atoms with Crippen LogP contribution in [-0.2, 0) is 19.9 Å². The van der Waals surface area contributed by atoms with Crippen LogP contribution in [-0.4, -0.2) is 53.0 Å². The monoisotopic (exact) mass is 466 g/mol. The molecule has 0 spiro atoms. The Hall–Kier alpha value is -2.43. The van der Waals surface area contributed by atoms with E-state index in [0.717, 1.165) is 0 Å². The number of carbonyl (C=O) groups excluding carboxylic acids is 1. The van der Waals surface area contributed by atoms with E-state index in [1.165, 1.54) is 35.7 Å². The first kappa shape index (κ1) is 23.2. The Kier molecular flexibility index (Phi) is 6.73. The van der Waals surface area contributed by atoms with Crippen molar-refractivity contribution in [2.45, 2.75) is 36.1 Å². The summed E-state index contributed by atoms with van der Waals surface area (Å²) in [5.74, 6) is -0.408. The van der Waals surface area contributed by atoms with Crippen molar-refractivity contribution in [1.29, 1.82) is 0 Å². The summed E-state index contributed by atoms with van der Waals surface area (Å²) in [5.41, 5.74) is 0.684. The Morgan fingerprint density at radius 3 is 2.48 bits per heavy atom. The van der Waals surface area contributed by atoms with Crippen LogP contribution in [0.5, 0.6) is 5.75 Å². The molecule has 0 radical (unpaired) electrons. The van der Waals surface area contributed by atoms with Crippen LogP contribution in [0.2, 0.25) is 0 Å². The maximum atomic E-state index is 13.0. The van der Waals surface area contributed by atoms with E-state index >= 15 is 0 Å². The number of ether oxygens (including phenoxy) is 1. The first-order valence-corrected chi connectivity index (χ1v) is 13.1. The molecule has 0 unspecified atom stereocenters. The number of hydrogen-bond acceptors (Lipinski definition) is 6. The number of sulfonamides is 1. The Morgan fingerprint density at radius 1 is 1.16 bits per heavy atom. The largest absolute Gasteiger partial charge is 0.495 e. The summed E-state index contributed by atoms with van der Waals surface area (Å²) < 4.78 is 57.2. The number of carbonyl (C=O) groups is 1. The average molecular weight is 467 g/mol. The second-order valence-corrected chi connectivity index (χ2v) is 11.1. The van der Waals surface area contributed by atoms with Crippen LogP contribution in [0.25, 0.3) is 0 Å². The van der Waals surface area contributed by atoms with Crippen LogP contribution in [0.1, 0.15) is 42.2 Å². The number of nitrogens with zero attached hydrogens (tertiary/aromatic N) is 1. The number of nitrogens with one attached hydrogen (secondary N) is 1. The molecule has 8 nitrogen and oxygen atoms in total. The molecule has 1 atom stereocenters. The van der Waals surface area contributed by atoms with E-state index in [0.29, 0.717) is 5.56 Å². The van der Waals surface area contributed by atoms with Crippen LogP contribution in [0.3, 0.4) is 0 Å². The first-order chi connectivity index (χ1) is 14.7. The molecular weight excluding hydrogens is 440 g/mol. The number of fused-ring (bicyclic) bond motifs is 1. The van der Waals surface area contributed by atoms with E-state index in [1.807, 2.05) is 0 Å². The van der Waals surface area contributed by atoms with Crippen molar-refractivity contribution in [1.82, 2.24) is 9.62 Å². The second kappa shape index (κ2) is 8.97. The zero-order valence-electron chi connectivity index (χ0n) is 17.7. The third-order valence-corrected chi connectivity index (χ3v) is 9.25. The Balaban J connectivity index is 1.95. The number of hydrogen-bond donors (Lipinski definition) is 1. The summed E-state index contributed by atoms with van der Waals surface area (Å²) in [6.07, 6.45) is 0.242. The highest BCUT2D eigenvalue weighted by molar-refractivity contribution is 7.91. The fraction of sp³-hybridized carbons (Fsp3) is 0.381. The summed E-state index contributed by atoms with van der Waals surface area (Å²) in [5, 5.41) is 2.85. The minimum atomic E-state index is -3.85. The van der Waals surface area contributed by atoms with Gasteiger partial charge in [-0.1, -0.05) is 32.0 Å². The van der Waals surface area contributed by atoms with Crippen LogP contribution < -0.4 is 10.1 Å². The molecule has 0 saturated heterocycles. The zero-order valence-corrected chi connectivity index (χ0v) is 19.3. The van der Waals surface area contributed by atoms with Gasteiger partial charge in [0.2, 0.25) is 10.0 Å². The highest BCUT2D eigenvalue weighted by Crippen LogP contribution is 2.33. The van der Waals surface area contributed by atoms with Crippen molar-refractivity contribution in [3.8, 4) is 5.75 Å². The van der Waals surface area contributed by atoms with E-state index in [-0.39, 0.29) is 46.4 Å². The molecule has 3 rings (SSSR count). The van der Waals surface area contributed by atoms with Crippen LogP contribution in [0.15, 0.2) is 52.3 Å². The van der Waals surface area contributed by atoms with Crippen molar-refractivity contribution in [3.05, 3.63) is 53.6 Å². The van der Waals surface area contributed by atoms with Gasteiger partial charge in [-0.15, -0.1) is 0 Å². The maximum Gasteiger partial charge on any atom is 0.251 e. The van der Waals surface area contributed by atoms with Gasteiger partial charge >= 0.3 is 0 Å². The number of sulfone groups is 1. The molecule has 10 heteroatoms. The Morgan fingerprint density at radius 2 is 1.84 bits per heavy atom. The second-order valence-electron chi connectivity index (χ2n) is 7.13. The fourth-order valence-corrected chi connectivity index (χ4v) is 6.96. The molecule has 1 aliphatic heterocycles. The van der Waals surface area contributed by atoms with Gasteiger partial charge in [0.1, 0.15) is 10.6 Å². The van der Waals surface area contributed by atoms with Gasteiger partial charge in [0, 0.05) is 18.7 Å². The van der Waals surface area contributed by atoms with Crippen molar-refractivity contribution >= 4 is 25.8 Å². The van der Waals surface area contributed by atoms with Gasteiger partial charge in [-0.25, -0.2) is 16.8 Å². The predicted molar refractivity (Wildman–Crippen MR) is 116 cm³/mol. The fourth-order valence-electron chi connectivity index (χ4n) is 3.70. The molecule has 0 bridgehead atoms. The lowest BCUT2D eigenvalue weighted by Crippen LogP contribution is -2.34. The average Bonchev–Trinajstić information content (AvgIpc) is 2.76. The number of amides is 1. The smallest absolute Gasteiger partial charge is 0.251 e. The number of methoxy groups -OCH3 is 1. The minimum Gasteiger partial charge on any atom is -0.495 e. The van der Waals surface area contributed by atoms with Gasteiger partial charge in [0.15, 0.2) is 9.84 Å². The first-order valence-electron chi connectivity index (χ1n) is 9.96. The van der Waals surface area contributed by atoms with E-state index in [9.17, 15) is 21.6 Å². The molecule has 1 N–H and O–H groups in total. The molecule has 0 aromatic heterocycles. The van der Waals surface area contributed by atoms with Crippen LogP contribution in [0.4, 0.5) is 0 Å². The van der Waals surface area contributed by atoms with E-state index < -0.39 is 31.8 Å². The van der Waals surface area contributed by atoms with E-state index in [1.54, 1.807) is 32.0 Å². The van der Waals surface area contributed by atoms with E-state index in [4.69, 9.17) is 4.74 Å². The molecule has 168 valence electrons. The normalized spacial score (nSPS) is 17.7. The van der Waals surface area contributed by atoms with Crippen LogP contribution >= 0.6 is 0 Å². The maximum absolute atomic E-state index is 13.0. The van der Waals surface area contributed by atoms with E-state index in [2.05, 4.69) is 5.32 Å². The predicted octanol–water partition coefficient (Wildman–Crippen LogP) is 2.37. The standard InChI is InChI=1S/C21H26N2O6S2/c1-4-23(5-2)31(27,28)20-14-15(10-11-18(20)29-3)21(24)22-17-12-13-30(25,26)19-9-7-6-8-16(17)19/h6-11,14,17H,4-5,12-13H2,1-3H3,(H,22,24)/t17-/m0/s1. The number of rotatable bonds is 7. The summed E-state index contributed by atoms with van der Waals surface area (Å²) >= 11 is 0. The molecular formula is C21H26N2O6S2. The van der Waals surface area contributed by atoms with Crippen molar-refractivity contribution in [3.63, 3.8) is 0 Å². The molecule has 1 aliphatic rings. The van der Waals surface area contributed by atoms with Gasteiger partial charge in [-0.2, -0.15) is 4.31 Å². The van der Waals surface area contributed by atoms with Gasteiger partial charge in [0.25, 0.3) is 5.91 Å². The van der Waals surface area contributed by atoms with Gasteiger partial charge in [-0.05, 0) is 36.2 Å². The number of benzene rings is 2. The molecule has 2 aromatic carbocycles. The Labute approximate surface area is 183 Å². The molecule has 1 heterocycles. The summed E-state index contributed by atoms with van der Waals surface area (Å²) in [6.45, 7) is 4.04. The van der Waals surface area contributed by atoms with Crippen molar-refractivity contribution in [2.24, 2.45) is 0 Å². The molecule has 0 saturated carbocycles. The zero-order chi connectivity index (χ0) is 22.8. The lowest BCUT2D eigenvalue weighted by Gasteiger charge is -2.26. The van der Waals surface area contributed by atoms with Crippen molar-refractivity contribution < 1.29 is 26.4 Å². The molecule has 31 heavy (non-hydrogen) atoms. The van der Waals surface area contributed by atoms with Gasteiger partial charge < -0.3 is 10.1 Å². The summed E-state index contributed by atoms with van der Waals surface area (Å²) in [7, 11) is -5.86. The highest BCUT2D eigenvalue weighted by Gasteiger charge is 2.32. The minimum absolute atomic E-state index is 0.0703. The van der Waals surface area contributed by atoms with Crippen LogP contribution in [0, 0.1) is 0 Å². The summed E-state index contributed by atoms with van der Waals surface area (Å²) in [4.78, 5) is 13.1. The Bertz CT molecular complexity index is 1190. The topological polar surface area (TPSA) is 110 Å².